The molecule has 0 radical (unpaired) electrons. The topological polar surface area (TPSA) is 59.1 Å². The third kappa shape index (κ3) is 4.87. The zero-order valence-corrected chi connectivity index (χ0v) is 20.6. The Kier molecular flexibility index (Phi) is 6.47. The van der Waals surface area contributed by atoms with Crippen LogP contribution in [0.25, 0.3) is 0 Å². The molecule has 2 saturated heterocycles. The van der Waals surface area contributed by atoms with Crippen molar-refractivity contribution in [3.63, 3.8) is 0 Å². The van der Waals surface area contributed by atoms with Crippen LogP contribution in [0.4, 0.5) is 23.7 Å². The number of urea groups is 1. The average molecular weight is 513 g/mol. The summed E-state index contributed by atoms with van der Waals surface area (Å²) in [6, 6.07) is 3.18. The molecule has 35 heavy (non-hydrogen) atoms. The SMILES string of the molecule is CC1C2=CCC(CCN3CCC4(CC4)C(O)C3)N2CCN1C(=O)Nc1ccc(Cl)c(C(F)(F)F)c1. The average Bonchev–Trinajstić information content (AvgIpc) is 3.46. The van der Waals surface area contributed by atoms with Crippen LogP contribution in [0.3, 0.4) is 0 Å². The Hall–Kier alpha value is -1.97. The van der Waals surface area contributed by atoms with E-state index in [9.17, 15) is 23.1 Å². The highest BCUT2D eigenvalue weighted by molar-refractivity contribution is 6.31. The summed E-state index contributed by atoms with van der Waals surface area (Å²) in [4.78, 5) is 19.4. The van der Waals surface area contributed by atoms with Crippen molar-refractivity contribution in [3.05, 3.63) is 40.6 Å². The van der Waals surface area contributed by atoms with Gasteiger partial charge in [-0.3, -0.25) is 0 Å². The van der Waals surface area contributed by atoms with Gasteiger partial charge < -0.3 is 25.1 Å². The predicted molar refractivity (Wildman–Crippen MR) is 128 cm³/mol. The molecule has 1 aliphatic carbocycles. The summed E-state index contributed by atoms with van der Waals surface area (Å²) in [5, 5.41) is 12.7. The van der Waals surface area contributed by atoms with Gasteiger partial charge in [-0.25, -0.2) is 4.79 Å². The number of piperidine rings is 1. The Balaban J connectivity index is 1.15. The first kappa shape index (κ1) is 24.7. The van der Waals surface area contributed by atoms with E-state index in [0.29, 0.717) is 19.1 Å². The smallest absolute Gasteiger partial charge is 0.391 e. The number of amides is 2. The van der Waals surface area contributed by atoms with Crippen molar-refractivity contribution in [2.24, 2.45) is 5.41 Å². The highest BCUT2D eigenvalue weighted by atomic mass is 35.5. The van der Waals surface area contributed by atoms with Gasteiger partial charge in [0.05, 0.1) is 22.7 Å². The molecule has 2 N–H and O–H groups in total. The standard InChI is InChI=1S/C25H32ClF3N4O2/c1-16-21-5-3-18(6-10-31-11-9-24(7-8-24)22(34)15-31)33(21)13-12-32(16)23(35)30-17-2-4-20(26)19(14-17)25(27,28)29/h2,4-5,14,16,18,22,34H,3,6-13,15H2,1H3,(H,30,35). The molecule has 6 nitrogen and oxygen atoms in total. The lowest BCUT2D eigenvalue weighted by Gasteiger charge is -2.44. The summed E-state index contributed by atoms with van der Waals surface area (Å²) >= 11 is 5.69. The number of nitrogens with one attached hydrogen (secondary N) is 1. The van der Waals surface area contributed by atoms with Crippen LogP contribution in [0.5, 0.6) is 0 Å². The Morgan fingerprint density at radius 1 is 1.23 bits per heavy atom. The van der Waals surface area contributed by atoms with Crippen molar-refractivity contribution in [2.45, 2.75) is 63.4 Å². The fourth-order valence-electron chi connectivity index (χ4n) is 5.93. The first-order valence-corrected chi connectivity index (χ1v) is 12.8. The van der Waals surface area contributed by atoms with Gasteiger partial charge in [0, 0.05) is 43.6 Å². The number of fused-ring (bicyclic) bond motifs is 1. The quantitative estimate of drug-likeness (QED) is 0.609. The van der Waals surface area contributed by atoms with Crippen molar-refractivity contribution >= 4 is 23.3 Å². The number of nitrogens with zero attached hydrogens (tertiary/aromatic N) is 3. The van der Waals surface area contributed by atoms with Crippen molar-refractivity contribution < 1.29 is 23.1 Å². The summed E-state index contributed by atoms with van der Waals surface area (Å²) in [5.41, 5.74) is 0.408. The lowest BCUT2D eigenvalue weighted by atomic mass is 9.90. The number of aliphatic hydroxyl groups is 1. The molecule has 192 valence electrons. The first-order valence-electron chi connectivity index (χ1n) is 12.4. The molecule has 3 unspecified atom stereocenters. The molecule has 3 fully saturated rings. The van der Waals surface area contributed by atoms with E-state index in [1.807, 2.05) is 6.92 Å². The molecule has 4 aliphatic rings. The van der Waals surface area contributed by atoms with E-state index in [1.54, 1.807) is 4.90 Å². The van der Waals surface area contributed by atoms with Crippen molar-refractivity contribution in [1.82, 2.24) is 14.7 Å². The molecule has 3 aliphatic heterocycles. The van der Waals surface area contributed by atoms with Gasteiger partial charge in [0.2, 0.25) is 0 Å². The molecule has 3 heterocycles. The predicted octanol–water partition coefficient (Wildman–Crippen LogP) is 4.79. The van der Waals surface area contributed by atoms with E-state index in [1.165, 1.54) is 6.07 Å². The fraction of sp³-hybridized carbons (Fsp3) is 0.640. The molecule has 2 amide bonds. The number of hydrogen-bond donors (Lipinski definition) is 2. The van der Waals surface area contributed by atoms with E-state index < -0.39 is 22.8 Å². The molecular weight excluding hydrogens is 481 g/mol. The number of halogens is 4. The van der Waals surface area contributed by atoms with Crippen LogP contribution in [0.2, 0.25) is 5.02 Å². The third-order valence-electron chi connectivity index (χ3n) is 8.37. The van der Waals surface area contributed by atoms with E-state index in [4.69, 9.17) is 11.6 Å². The zero-order valence-electron chi connectivity index (χ0n) is 19.8. The van der Waals surface area contributed by atoms with Crippen LogP contribution in [0, 0.1) is 5.41 Å². The zero-order chi connectivity index (χ0) is 25.0. The molecule has 0 bridgehead atoms. The number of carbonyl (C=O) groups excluding carboxylic acids is 1. The Bertz CT molecular complexity index is 1010. The number of rotatable bonds is 4. The second-order valence-electron chi connectivity index (χ2n) is 10.4. The number of β-amino-alcohol motifs (C(OH)–C–C–N with tert-alkyl or cyclic N) is 1. The minimum absolute atomic E-state index is 0.0660. The highest BCUT2D eigenvalue weighted by Gasteiger charge is 2.51. The maximum atomic E-state index is 13.2. The van der Waals surface area contributed by atoms with Crippen molar-refractivity contribution in [2.75, 3.05) is 38.0 Å². The number of likely N-dealkylation sites (tertiary alicyclic amines) is 1. The summed E-state index contributed by atoms with van der Waals surface area (Å²) in [5.74, 6) is 0. The van der Waals surface area contributed by atoms with Crippen LogP contribution in [-0.4, -0.2) is 76.7 Å². The second kappa shape index (κ2) is 9.16. The molecule has 0 aromatic heterocycles. The Morgan fingerprint density at radius 2 is 2.00 bits per heavy atom. The third-order valence-corrected chi connectivity index (χ3v) is 8.70. The fourth-order valence-corrected chi connectivity index (χ4v) is 6.15. The van der Waals surface area contributed by atoms with Gasteiger partial charge in [-0.05, 0) is 69.2 Å². The Labute approximate surface area is 208 Å². The number of benzene rings is 1. The number of hydrogen-bond acceptors (Lipinski definition) is 4. The van der Waals surface area contributed by atoms with E-state index in [0.717, 1.165) is 69.6 Å². The van der Waals surface area contributed by atoms with Crippen LogP contribution in [0.1, 0.15) is 44.6 Å². The highest BCUT2D eigenvalue weighted by Crippen LogP contribution is 2.53. The lowest BCUT2D eigenvalue weighted by Crippen LogP contribution is -2.54. The Morgan fingerprint density at radius 3 is 2.69 bits per heavy atom. The van der Waals surface area contributed by atoms with Crippen LogP contribution in [0.15, 0.2) is 30.0 Å². The van der Waals surface area contributed by atoms with Crippen molar-refractivity contribution in [3.8, 4) is 0 Å². The molecule has 3 atom stereocenters. The van der Waals surface area contributed by atoms with Gasteiger partial charge in [-0.15, -0.1) is 0 Å². The second-order valence-corrected chi connectivity index (χ2v) is 10.8. The normalized spacial score (nSPS) is 28.2. The molecular formula is C25H32ClF3N4O2. The number of piperazine rings is 1. The molecule has 1 aromatic carbocycles. The van der Waals surface area contributed by atoms with E-state index in [2.05, 4.69) is 21.2 Å². The molecule has 1 aromatic rings. The number of aliphatic hydroxyl groups excluding tert-OH is 1. The summed E-state index contributed by atoms with van der Waals surface area (Å²) in [6.45, 7) is 5.90. The van der Waals surface area contributed by atoms with Gasteiger partial charge in [-0.1, -0.05) is 17.7 Å². The molecule has 1 saturated carbocycles. The number of carbonyl (C=O) groups is 1. The van der Waals surface area contributed by atoms with Gasteiger partial charge >= 0.3 is 12.2 Å². The number of anilines is 1. The monoisotopic (exact) mass is 512 g/mol. The van der Waals surface area contributed by atoms with Gasteiger partial charge in [0.25, 0.3) is 0 Å². The van der Waals surface area contributed by atoms with E-state index >= 15 is 0 Å². The summed E-state index contributed by atoms with van der Waals surface area (Å²) < 4.78 is 39.5. The summed E-state index contributed by atoms with van der Waals surface area (Å²) in [6.07, 6.45) is 2.72. The molecule has 5 rings (SSSR count). The molecule has 10 heteroatoms. The van der Waals surface area contributed by atoms with Crippen LogP contribution in [-0.2, 0) is 6.18 Å². The van der Waals surface area contributed by atoms with Gasteiger partial charge in [0.15, 0.2) is 0 Å². The minimum atomic E-state index is -4.59. The van der Waals surface area contributed by atoms with E-state index in [-0.39, 0.29) is 23.2 Å². The minimum Gasteiger partial charge on any atom is -0.391 e. The van der Waals surface area contributed by atoms with Crippen LogP contribution >= 0.6 is 11.6 Å². The largest absolute Gasteiger partial charge is 0.417 e. The summed E-state index contributed by atoms with van der Waals surface area (Å²) in [7, 11) is 0. The van der Waals surface area contributed by atoms with Crippen molar-refractivity contribution in [1.29, 1.82) is 0 Å². The first-order chi connectivity index (χ1) is 16.6. The maximum Gasteiger partial charge on any atom is 0.417 e. The van der Waals surface area contributed by atoms with Crippen LogP contribution < -0.4 is 5.32 Å². The molecule has 1 spiro atoms. The lowest BCUT2D eigenvalue weighted by molar-refractivity contribution is -0.137. The maximum absolute atomic E-state index is 13.2. The van der Waals surface area contributed by atoms with Gasteiger partial charge in [0.1, 0.15) is 0 Å². The van der Waals surface area contributed by atoms with Gasteiger partial charge in [-0.2, -0.15) is 13.2 Å². The number of alkyl halides is 3.